The van der Waals surface area contributed by atoms with Crippen LogP contribution in [0.1, 0.15) is 12.8 Å². The van der Waals surface area contributed by atoms with Crippen LogP contribution in [0, 0.1) is 0 Å². The van der Waals surface area contributed by atoms with Gasteiger partial charge in [-0.25, -0.2) is 0 Å². The summed E-state index contributed by atoms with van der Waals surface area (Å²) in [4.78, 5) is 0. The average molecular weight is 86.2 g/mol. The predicted molar refractivity (Wildman–Crippen MR) is 24.4 cm³/mol. The number of rotatable bonds is 0. The first kappa shape index (κ1) is 2.51. The zero-order valence-electron chi connectivity index (χ0n) is 2.98. The Bertz CT molecular complexity index is 48.7. The van der Waals surface area contributed by atoms with Gasteiger partial charge >= 0.3 is 0 Å². The summed E-state index contributed by atoms with van der Waals surface area (Å²) < 4.78 is 0. The van der Waals surface area contributed by atoms with Crippen molar-refractivity contribution in [2.45, 2.75) is 23.3 Å². The van der Waals surface area contributed by atoms with E-state index in [2.05, 4.69) is 11.8 Å². The third-order valence-corrected chi connectivity index (χ3v) is 2.94. The SMILES string of the molecule is C1C[C@H]2S[C@@H]12. The van der Waals surface area contributed by atoms with Crippen LogP contribution in [0.4, 0.5) is 0 Å². The van der Waals surface area contributed by atoms with Crippen molar-refractivity contribution < 1.29 is 0 Å². The van der Waals surface area contributed by atoms with Crippen molar-refractivity contribution >= 4 is 11.8 Å². The Morgan fingerprint density at radius 1 is 1.20 bits per heavy atom. The molecular weight excluding hydrogens is 80.1 g/mol. The highest BCUT2D eigenvalue weighted by Gasteiger charge is 2.46. The first-order valence-corrected chi connectivity index (χ1v) is 3.06. The fourth-order valence-corrected chi connectivity index (χ4v) is 1.93. The van der Waals surface area contributed by atoms with E-state index in [1.54, 1.807) is 0 Å². The second-order valence-corrected chi connectivity index (χ2v) is 3.27. The standard InChI is InChI=1S/C4H6S/c1-2-4-3(1)5-4/h3-4H,1-2H2/t3-,4+. The van der Waals surface area contributed by atoms with E-state index in [1.807, 2.05) is 0 Å². The molecule has 1 heteroatoms. The van der Waals surface area contributed by atoms with Crippen LogP contribution in [0.5, 0.6) is 0 Å². The van der Waals surface area contributed by atoms with Crippen molar-refractivity contribution in [3.8, 4) is 0 Å². The van der Waals surface area contributed by atoms with Crippen LogP contribution >= 0.6 is 11.8 Å². The lowest BCUT2D eigenvalue weighted by molar-refractivity contribution is 0.612. The molecule has 2 rings (SSSR count). The molecule has 0 spiro atoms. The summed E-state index contributed by atoms with van der Waals surface area (Å²) in [5.41, 5.74) is 0. The average Bonchev–Trinajstić information content (AvgIpc) is 1.74. The summed E-state index contributed by atoms with van der Waals surface area (Å²) in [6.07, 6.45) is 3.05. The molecule has 1 aliphatic heterocycles. The molecule has 1 saturated heterocycles. The normalized spacial score (nSPS) is 57.6. The van der Waals surface area contributed by atoms with Crippen LogP contribution < -0.4 is 0 Å². The smallest absolute Gasteiger partial charge is 0.0170 e. The highest BCUT2D eigenvalue weighted by molar-refractivity contribution is 8.08. The van der Waals surface area contributed by atoms with Crippen molar-refractivity contribution in [2.75, 3.05) is 0 Å². The largest absolute Gasteiger partial charge is 0.153 e. The van der Waals surface area contributed by atoms with E-state index >= 15 is 0 Å². The van der Waals surface area contributed by atoms with Gasteiger partial charge in [-0.1, -0.05) is 0 Å². The zero-order valence-corrected chi connectivity index (χ0v) is 3.79. The number of thioether (sulfide) groups is 1. The molecule has 0 aromatic heterocycles. The minimum Gasteiger partial charge on any atom is -0.153 e. The maximum Gasteiger partial charge on any atom is 0.0170 e. The first-order valence-electron chi connectivity index (χ1n) is 2.12. The molecule has 2 aliphatic rings. The van der Waals surface area contributed by atoms with Gasteiger partial charge in [0, 0.05) is 10.5 Å². The highest BCUT2D eigenvalue weighted by Crippen LogP contribution is 2.56. The molecule has 0 nitrogen and oxygen atoms in total. The molecule has 0 aromatic carbocycles. The lowest BCUT2D eigenvalue weighted by Crippen LogP contribution is -2.04. The minimum absolute atomic E-state index is 1.15. The molecule has 28 valence electrons. The lowest BCUT2D eigenvalue weighted by Gasteiger charge is -2.01. The van der Waals surface area contributed by atoms with Crippen LogP contribution in [0.15, 0.2) is 0 Å². The topological polar surface area (TPSA) is 0 Å². The highest BCUT2D eigenvalue weighted by atomic mass is 32.2. The zero-order chi connectivity index (χ0) is 3.28. The second kappa shape index (κ2) is 0.558. The Hall–Kier alpha value is 0.350. The first-order chi connectivity index (χ1) is 2.47. The third-order valence-electron chi connectivity index (χ3n) is 1.42. The molecule has 0 bridgehead atoms. The molecule has 2 atom stereocenters. The summed E-state index contributed by atoms with van der Waals surface area (Å²) in [7, 11) is 0. The minimum atomic E-state index is 1.15. The van der Waals surface area contributed by atoms with Gasteiger partial charge in [0.25, 0.3) is 0 Å². The van der Waals surface area contributed by atoms with Gasteiger partial charge in [-0.2, -0.15) is 11.8 Å². The molecule has 5 heavy (non-hydrogen) atoms. The summed E-state index contributed by atoms with van der Waals surface area (Å²) in [6.45, 7) is 0. The van der Waals surface area contributed by atoms with Gasteiger partial charge in [0.05, 0.1) is 0 Å². The Balaban J connectivity index is 2.19. The molecule has 2 fully saturated rings. The van der Waals surface area contributed by atoms with E-state index in [1.165, 1.54) is 12.8 Å². The predicted octanol–water partition coefficient (Wildman–Crippen LogP) is 1.26. The summed E-state index contributed by atoms with van der Waals surface area (Å²) in [5.74, 6) is 0. The lowest BCUT2D eigenvalue weighted by atomic mass is 10.0. The Labute approximate surface area is 35.9 Å². The van der Waals surface area contributed by atoms with Gasteiger partial charge in [-0.05, 0) is 12.8 Å². The van der Waals surface area contributed by atoms with Crippen molar-refractivity contribution in [3.05, 3.63) is 0 Å². The van der Waals surface area contributed by atoms with E-state index in [9.17, 15) is 0 Å². The summed E-state index contributed by atoms with van der Waals surface area (Å²) in [6, 6.07) is 0. The Morgan fingerprint density at radius 3 is 1.80 bits per heavy atom. The van der Waals surface area contributed by atoms with E-state index in [0.717, 1.165) is 10.5 Å². The number of hydrogen-bond donors (Lipinski definition) is 0. The monoisotopic (exact) mass is 86.0 g/mol. The van der Waals surface area contributed by atoms with E-state index < -0.39 is 0 Å². The maximum absolute atomic E-state index is 2.16. The van der Waals surface area contributed by atoms with Crippen molar-refractivity contribution in [1.29, 1.82) is 0 Å². The van der Waals surface area contributed by atoms with Gasteiger partial charge in [0.15, 0.2) is 0 Å². The van der Waals surface area contributed by atoms with Gasteiger partial charge in [0.1, 0.15) is 0 Å². The van der Waals surface area contributed by atoms with Gasteiger partial charge in [-0.3, -0.25) is 0 Å². The number of fused-ring (bicyclic) bond motifs is 1. The molecule has 0 unspecified atom stereocenters. The summed E-state index contributed by atoms with van der Waals surface area (Å²) in [5, 5.41) is 2.30. The van der Waals surface area contributed by atoms with E-state index in [4.69, 9.17) is 0 Å². The van der Waals surface area contributed by atoms with Gasteiger partial charge in [-0.15, -0.1) is 0 Å². The molecular formula is C4H6S. The van der Waals surface area contributed by atoms with E-state index in [-0.39, 0.29) is 0 Å². The molecule has 0 N–H and O–H groups in total. The Morgan fingerprint density at radius 2 is 1.80 bits per heavy atom. The fraction of sp³-hybridized carbons (Fsp3) is 1.00. The van der Waals surface area contributed by atoms with E-state index in [0.29, 0.717) is 0 Å². The van der Waals surface area contributed by atoms with Crippen LogP contribution in [-0.4, -0.2) is 10.5 Å². The van der Waals surface area contributed by atoms with Crippen LogP contribution in [-0.2, 0) is 0 Å². The molecule has 0 aromatic rings. The maximum atomic E-state index is 2.16. The quantitative estimate of drug-likeness (QED) is 0.400. The molecule has 0 radical (unpaired) electrons. The molecule has 1 heterocycles. The third kappa shape index (κ3) is 0.186. The van der Waals surface area contributed by atoms with Crippen molar-refractivity contribution in [3.63, 3.8) is 0 Å². The second-order valence-electron chi connectivity index (χ2n) is 1.79. The fourth-order valence-electron chi connectivity index (χ4n) is 0.754. The van der Waals surface area contributed by atoms with Crippen LogP contribution in [0.3, 0.4) is 0 Å². The summed E-state index contributed by atoms with van der Waals surface area (Å²) >= 11 is 2.16. The van der Waals surface area contributed by atoms with Gasteiger partial charge < -0.3 is 0 Å². The Kier molecular flexibility index (Phi) is 0.280. The van der Waals surface area contributed by atoms with Crippen LogP contribution in [0.25, 0.3) is 0 Å². The molecule has 1 aliphatic carbocycles. The van der Waals surface area contributed by atoms with Crippen LogP contribution in [0.2, 0.25) is 0 Å². The van der Waals surface area contributed by atoms with Crippen molar-refractivity contribution in [2.24, 2.45) is 0 Å². The number of hydrogen-bond acceptors (Lipinski definition) is 1. The van der Waals surface area contributed by atoms with Gasteiger partial charge in [0.2, 0.25) is 0 Å². The van der Waals surface area contributed by atoms with Crippen molar-refractivity contribution in [1.82, 2.24) is 0 Å². The molecule has 0 amide bonds. The molecule has 1 saturated carbocycles.